The fraction of sp³-hybridized carbons (Fsp3) is 0.227. The molecule has 1 fully saturated rings. The van der Waals surface area contributed by atoms with Crippen LogP contribution >= 0.6 is 0 Å². The Morgan fingerprint density at radius 3 is 2.70 bits per heavy atom. The molecule has 4 aromatic rings. The first-order valence-corrected chi connectivity index (χ1v) is 11.2. The number of imidazole rings is 1. The average Bonchev–Trinajstić information content (AvgIpc) is 3.48. The number of fused-ring (bicyclic) bond motifs is 1. The van der Waals surface area contributed by atoms with Gasteiger partial charge in [-0.05, 0) is 29.8 Å². The summed E-state index contributed by atoms with van der Waals surface area (Å²) in [6.45, 7) is 0.760. The molecule has 0 spiro atoms. The van der Waals surface area contributed by atoms with Crippen molar-refractivity contribution in [3.63, 3.8) is 0 Å². The number of sulfonamides is 1. The van der Waals surface area contributed by atoms with Crippen LogP contribution in [0.15, 0.2) is 82.8 Å². The van der Waals surface area contributed by atoms with Crippen molar-refractivity contribution in [1.29, 1.82) is 0 Å². The lowest BCUT2D eigenvalue weighted by atomic mass is 9.94. The van der Waals surface area contributed by atoms with E-state index in [4.69, 9.17) is 4.42 Å². The average molecular weight is 423 g/mol. The van der Waals surface area contributed by atoms with Crippen molar-refractivity contribution in [3.05, 3.63) is 78.9 Å². The predicted octanol–water partition coefficient (Wildman–Crippen LogP) is 3.44. The normalized spacial score (nSPS) is 20.0. The summed E-state index contributed by atoms with van der Waals surface area (Å²) >= 11 is 0. The molecule has 0 bridgehead atoms. The maximum Gasteiger partial charge on any atom is 0.262 e. The Kier molecular flexibility index (Phi) is 4.60. The second kappa shape index (κ2) is 7.30. The summed E-state index contributed by atoms with van der Waals surface area (Å²) in [4.78, 5) is 4.07. The molecule has 1 aliphatic rings. The Balaban J connectivity index is 1.47. The van der Waals surface area contributed by atoms with Gasteiger partial charge in [0.1, 0.15) is 5.58 Å². The molecule has 0 aliphatic carbocycles. The van der Waals surface area contributed by atoms with Crippen molar-refractivity contribution in [2.75, 3.05) is 18.4 Å². The standard InChI is InChI=1S/C22H22N4O3S/c1-25-14-22(23-15-25)30(27,28)26-12-19(16-5-3-2-4-6-16)20(13-26)24-18-7-8-21-17(11-18)9-10-29-21/h2-11,14-15,19-20,24H,12-13H2,1H3/t19-,20+/m1/s1. The maximum atomic E-state index is 13.2. The molecule has 1 aliphatic heterocycles. The Bertz CT molecular complexity index is 1280. The highest BCUT2D eigenvalue weighted by Crippen LogP contribution is 2.33. The van der Waals surface area contributed by atoms with Gasteiger partial charge in [-0.2, -0.15) is 4.31 Å². The van der Waals surface area contributed by atoms with E-state index in [0.29, 0.717) is 13.1 Å². The summed E-state index contributed by atoms with van der Waals surface area (Å²) in [6, 6.07) is 17.8. The van der Waals surface area contributed by atoms with Gasteiger partial charge >= 0.3 is 0 Å². The van der Waals surface area contributed by atoms with E-state index in [2.05, 4.69) is 22.4 Å². The summed E-state index contributed by atoms with van der Waals surface area (Å²) in [5.41, 5.74) is 2.87. The minimum atomic E-state index is -3.66. The Hall–Kier alpha value is -3.10. The van der Waals surface area contributed by atoms with Crippen molar-refractivity contribution in [2.24, 2.45) is 7.05 Å². The van der Waals surface area contributed by atoms with Gasteiger partial charge in [0.05, 0.1) is 12.6 Å². The zero-order valence-electron chi connectivity index (χ0n) is 16.5. The minimum Gasteiger partial charge on any atom is -0.464 e. The van der Waals surface area contributed by atoms with Crippen LogP contribution in [0.5, 0.6) is 0 Å². The first kappa shape index (κ1) is 18.9. The number of benzene rings is 2. The van der Waals surface area contributed by atoms with E-state index in [1.165, 1.54) is 10.6 Å². The van der Waals surface area contributed by atoms with Crippen molar-refractivity contribution in [2.45, 2.75) is 17.0 Å². The van der Waals surface area contributed by atoms with Gasteiger partial charge in [0.25, 0.3) is 10.0 Å². The fourth-order valence-corrected chi connectivity index (χ4v) is 5.53. The number of hydrogen-bond donors (Lipinski definition) is 1. The van der Waals surface area contributed by atoms with Gasteiger partial charge in [-0.1, -0.05) is 30.3 Å². The van der Waals surface area contributed by atoms with Crippen LogP contribution in [0.2, 0.25) is 0 Å². The molecule has 7 nitrogen and oxygen atoms in total. The van der Waals surface area contributed by atoms with Crippen LogP contribution in [-0.4, -0.2) is 41.4 Å². The Labute approximate surface area is 175 Å². The topological polar surface area (TPSA) is 80.4 Å². The quantitative estimate of drug-likeness (QED) is 0.533. The molecule has 0 amide bonds. The Morgan fingerprint density at radius 1 is 1.10 bits per heavy atom. The van der Waals surface area contributed by atoms with Crippen LogP contribution in [0.4, 0.5) is 5.69 Å². The third-order valence-electron chi connectivity index (χ3n) is 5.60. The molecule has 1 N–H and O–H groups in total. The first-order valence-electron chi connectivity index (χ1n) is 9.77. The van der Waals surface area contributed by atoms with Crippen LogP contribution in [0, 0.1) is 0 Å². The number of nitrogens with one attached hydrogen (secondary N) is 1. The van der Waals surface area contributed by atoms with E-state index >= 15 is 0 Å². The SMILES string of the molecule is Cn1cnc(S(=O)(=O)N2C[C@H](Nc3ccc4occc4c3)[C@@H](c3ccccc3)C2)c1. The molecule has 2 aromatic carbocycles. The van der Waals surface area contributed by atoms with Crippen molar-refractivity contribution >= 4 is 26.7 Å². The number of rotatable bonds is 5. The molecule has 0 unspecified atom stereocenters. The largest absolute Gasteiger partial charge is 0.464 e. The van der Waals surface area contributed by atoms with Gasteiger partial charge in [0.2, 0.25) is 0 Å². The molecule has 1 saturated heterocycles. The van der Waals surface area contributed by atoms with Crippen LogP contribution in [0.25, 0.3) is 11.0 Å². The molecular formula is C22H22N4O3S. The molecule has 30 heavy (non-hydrogen) atoms. The molecule has 154 valence electrons. The van der Waals surface area contributed by atoms with Gasteiger partial charge < -0.3 is 14.3 Å². The maximum absolute atomic E-state index is 13.2. The molecule has 0 saturated carbocycles. The van der Waals surface area contributed by atoms with Gasteiger partial charge in [0.15, 0.2) is 5.03 Å². The fourth-order valence-electron chi connectivity index (χ4n) is 4.07. The third kappa shape index (κ3) is 3.38. The van der Waals surface area contributed by atoms with Gasteiger partial charge in [0, 0.05) is 49.4 Å². The van der Waals surface area contributed by atoms with Crippen LogP contribution in [0.3, 0.4) is 0 Å². The van der Waals surface area contributed by atoms with E-state index in [1.807, 2.05) is 42.5 Å². The van der Waals surface area contributed by atoms with E-state index < -0.39 is 10.0 Å². The molecular weight excluding hydrogens is 400 g/mol. The van der Waals surface area contributed by atoms with E-state index in [9.17, 15) is 8.42 Å². The number of anilines is 1. The van der Waals surface area contributed by atoms with Gasteiger partial charge in [-0.15, -0.1) is 0 Å². The van der Waals surface area contributed by atoms with Crippen molar-refractivity contribution in [3.8, 4) is 0 Å². The third-order valence-corrected chi connectivity index (χ3v) is 7.32. The molecule has 2 aromatic heterocycles. The lowest BCUT2D eigenvalue weighted by Gasteiger charge is -2.21. The first-order chi connectivity index (χ1) is 14.5. The monoisotopic (exact) mass is 422 g/mol. The van der Waals surface area contributed by atoms with Crippen molar-refractivity contribution < 1.29 is 12.8 Å². The number of hydrogen-bond acceptors (Lipinski definition) is 5. The number of aryl methyl sites for hydroxylation is 1. The lowest BCUT2D eigenvalue weighted by molar-refractivity contribution is 0.468. The molecule has 5 rings (SSSR count). The highest BCUT2D eigenvalue weighted by molar-refractivity contribution is 7.89. The predicted molar refractivity (Wildman–Crippen MR) is 115 cm³/mol. The van der Waals surface area contributed by atoms with Crippen LogP contribution in [-0.2, 0) is 17.1 Å². The van der Waals surface area contributed by atoms with Crippen molar-refractivity contribution in [1.82, 2.24) is 13.9 Å². The zero-order valence-corrected chi connectivity index (χ0v) is 17.3. The molecule has 0 radical (unpaired) electrons. The number of furan rings is 1. The lowest BCUT2D eigenvalue weighted by Crippen LogP contribution is -2.32. The molecule has 8 heteroatoms. The summed E-state index contributed by atoms with van der Waals surface area (Å²) in [5.74, 6) is 0.0183. The minimum absolute atomic E-state index is 0.0183. The summed E-state index contributed by atoms with van der Waals surface area (Å²) in [6.07, 6.45) is 4.71. The second-order valence-corrected chi connectivity index (χ2v) is 9.53. The summed E-state index contributed by atoms with van der Waals surface area (Å²) < 4.78 is 34.9. The number of nitrogens with zero attached hydrogens (tertiary/aromatic N) is 3. The van der Waals surface area contributed by atoms with E-state index in [1.54, 1.807) is 24.1 Å². The second-order valence-electron chi connectivity index (χ2n) is 7.64. The van der Waals surface area contributed by atoms with E-state index in [-0.39, 0.29) is 17.0 Å². The molecule has 3 heterocycles. The highest BCUT2D eigenvalue weighted by Gasteiger charge is 2.41. The highest BCUT2D eigenvalue weighted by atomic mass is 32.2. The summed E-state index contributed by atoms with van der Waals surface area (Å²) in [5, 5.41) is 4.64. The van der Waals surface area contributed by atoms with Gasteiger partial charge in [-0.3, -0.25) is 0 Å². The van der Waals surface area contributed by atoms with Gasteiger partial charge in [-0.25, -0.2) is 13.4 Å². The summed E-state index contributed by atoms with van der Waals surface area (Å²) in [7, 11) is -1.90. The number of aromatic nitrogens is 2. The molecule has 2 atom stereocenters. The van der Waals surface area contributed by atoms with Crippen LogP contribution < -0.4 is 5.32 Å². The van der Waals surface area contributed by atoms with Crippen LogP contribution in [0.1, 0.15) is 11.5 Å². The Morgan fingerprint density at radius 2 is 1.93 bits per heavy atom. The van der Waals surface area contributed by atoms with E-state index in [0.717, 1.165) is 22.2 Å². The zero-order chi connectivity index (χ0) is 20.7. The smallest absolute Gasteiger partial charge is 0.262 e.